The van der Waals surface area contributed by atoms with Gasteiger partial charge in [-0.3, -0.25) is 0 Å². The topological polar surface area (TPSA) is 32.3 Å². The van der Waals surface area contributed by atoms with E-state index >= 15 is 0 Å². The molecule has 1 fully saturated rings. The highest BCUT2D eigenvalue weighted by Gasteiger charge is 2.24. The summed E-state index contributed by atoms with van der Waals surface area (Å²) in [5.41, 5.74) is 0. The van der Waals surface area contributed by atoms with E-state index in [4.69, 9.17) is 0 Å². The standard InChI is InChI=1S/C14H23NOS/c1-10(9-12-8-7-11(2)17-12)15-13-5-3-4-6-14(13)16/h7-8,10,13-16H,3-6,9H2,1-2H3/t10?,13-,14-/m1/s1. The first-order valence-corrected chi connectivity index (χ1v) is 7.46. The smallest absolute Gasteiger partial charge is 0.0693 e. The van der Waals surface area contributed by atoms with Gasteiger partial charge in [-0.25, -0.2) is 0 Å². The number of hydrogen-bond donors (Lipinski definition) is 2. The van der Waals surface area contributed by atoms with Crippen molar-refractivity contribution < 1.29 is 5.11 Å². The molecule has 1 aliphatic rings. The van der Waals surface area contributed by atoms with Crippen molar-refractivity contribution in [1.29, 1.82) is 0 Å². The molecule has 17 heavy (non-hydrogen) atoms. The molecule has 1 aliphatic carbocycles. The number of aryl methyl sites for hydroxylation is 1. The Hall–Kier alpha value is -0.380. The van der Waals surface area contributed by atoms with Gasteiger partial charge < -0.3 is 10.4 Å². The third-order valence-electron chi connectivity index (χ3n) is 3.53. The van der Waals surface area contributed by atoms with E-state index in [1.54, 1.807) is 0 Å². The van der Waals surface area contributed by atoms with Crippen LogP contribution in [0.2, 0.25) is 0 Å². The first kappa shape index (κ1) is 13.1. The Morgan fingerprint density at radius 2 is 2.18 bits per heavy atom. The maximum Gasteiger partial charge on any atom is 0.0693 e. The molecular weight excluding hydrogens is 230 g/mol. The molecule has 0 bridgehead atoms. The van der Waals surface area contributed by atoms with Crippen LogP contribution < -0.4 is 5.32 Å². The van der Waals surface area contributed by atoms with E-state index in [9.17, 15) is 5.11 Å². The fourth-order valence-electron chi connectivity index (χ4n) is 2.63. The third-order valence-corrected chi connectivity index (χ3v) is 4.55. The lowest BCUT2D eigenvalue weighted by Gasteiger charge is -2.31. The number of hydrogen-bond acceptors (Lipinski definition) is 3. The molecule has 0 aliphatic heterocycles. The van der Waals surface area contributed by atoms with Crippen molar-refractivity contribution in [2.45, 2.75) is 64.1 Å². The highest BCUT2D eigenvalue weighted by Crippen LogP contribution is 2.20. The van der Waals surface area contributed by atoms with Gasteiger partial charge in [0.2, 0.25) is 0 Å². The summed E-state index contributed by atoms with van der Waals surface area (Å²) in [6, 6.07) is 5.16. The molecule has 0 amide bonds. The van der Waals surface area contributed by atoms with Crippen molar-refractivity contribution in [3.8, 4) is 0 Å². The van der Waals surface area contributed by atoms with E-state index in [1.807, 2.05) is 11.3 Å². The number of aliphatic hydroxyl groups is 1. The Bertz CT molecular complexity index is 350. The summed E-state index contributed by atoms with van der Waals surface area (Å²) >= 11 is 1.88. The average Bonchev–Trinajstić information content (AvgIpc) is 2.67. The maximum absolute atomic E-state index is 9.93. The van der Waals surface area contributed by atoms with Crippen LogP contribution in [0.25, 0.3) is 0 Å². The molecule has 2 nitrogen and oxygen atoms in total. The Morgan fingerprint density at radius 3 is 2.82 bits per heavy atom. The second-order valence-electron chi connectivity index (χ2n) is 5.24. The molecule has 1 unspecified atom stereocenters. The zero-order chi connectivity index (χ0) is 12.3. The van der Waals surface area contributed by atoms with Gasteiger partial charge in [0.1, 0.15) is 0 Å². The van der Waals surface area contributed by atoms with E-state index in [1.165, 1.54) is 22.6 Å². The number of nitrogens with one attached hydrogen (secondary N) is 1. The fourth-order valence-corrected chi connectivity index (χ4v) is 3.65. The first-order valence-electron chi connectivity index (χ1n) is 6.64. The molecule has 1 aromatic rings. The molecule has 0 saturated heterocycles. The van der Waals surface area contributed by atoms with Crippen molar-refractivity contribution in [3.63, 3.8) is 0 Å². The molecule has 2 N–H and O–H groups in total. The summed E-state index contributed by atoms with van der Waals surface area (Å²) in [6.45, 7) is 4.37. The Kier molecular flexibility index (Phi) is 4.60. The normalized spacial score (nSPS) is 27.0. The highest BCUT2D eigenvalue weighted by molar-refractivity contribution is 7.11. The number of thiophene rings is 1. The van der Waals surface area contributed by atoms with Gasteiger partial charge in [-0.15, -0.1) is 11.3 Å². The van der Waals surface area contributed by atoms with Gasteiger partial charge in [0.25, 0.3) is 0 Å². The lowest BCUT2D eigenvalue weighted by molar-refractivity contribution is 0.0860. The van der Waals surface area contributed by atoms with Gasteiger partial charge in [0.05, 0.1) is 6.10 Å². The van der Waals surface area contributed by atoms with Crippen molar-refractivity contribution >= 4 is 11.3 Å². The van der Waals surface area contributed by atoms with Crippen LogP contribution in [-0.4, -0.2) is 23.3 Å². The number of rotatable bonds is 4. The molecular formula is C14H23NOS. The minimum absolute atomic E-state index is 0.142. The minimum atomic E-state index is -0.142. The molecule has 0 aromatic carbocycles. The van der Waals surface area contributed by atoms with E-state index in [0.717, 1.165) is 19.3 Å². The van der Waals surface area contributed by atoms with Crippen LogP contribution in [0.15, 0.2) is 12.1 Å². The summed E-state index contributed by atoms with van der Waals surface area (Å²) in [7, 11) is 0. The van der Waals surface area contributed by atoms with Crippen LogP contribution in [0.5, 0.6) is 0 Å². The van der Waals surface area contributed by atoms with Gasteiger partial charge in [-0.2, -0.15) is 0 Å². The van der Waals surface area contributed by atoms with Crippen LogP contribution >= 0.6 is 11.3 Å². The Labute approximate surface area is 108 Å². The van der Waals surface area contributed by atoms with Gasteiger partial charge in [-0.05, 0) is 45.2 Å². The quantitative estimate of drug-likeness (QED) is 0.865. The lowest BCUT2D eigenvalue weighted by atomic mass is 9.92. The van der Waals surface area contributed by atoms with Crippen LogP contribution in [0, 0.1) is 6.92 Å². The third kappa shape index (κ3) is 3.80. The van der Waals surface area contributed by atoms with Crippen LogP contribution in [0.1, 0.15) is 42.4 Å². The molecule has 1 heterocycles. The van der Waals surface area contributed by atoms with E-state index in [2.05, 4.69) is 31.3 Å². The fraction of sp³-hybridized carbons (Fsp3) is 0.714. The average molecular weight is 253 g/mol. The second kappa shape index (κ2) is 5.98. The van der Waals surface area contributed by atoms with Crippen LogP contribution in [-0.2, 0) is 6.42 Å². The van der Waals surface area contributed by atoms with E-state index in [0.29, 0.717) is 12.1 Å². The summed E-state index contributed by atoms with van der Waals surface area (Å²) in [5.74, 6) is 0. The predicted octanol–water partition coefficient (Wildman–Crippen LogP) is 2.88. The molecule has 1 aromatic heterocycles. The van der Waals surface area contributed by atoms with E-state index in [-0.39, 0.29) is 6.10 Å². The van der Waals surface area contributed by atoms with Crippen LogP contribution in [0.3, 0.4) is 0 Å². The summed E-state index contributed by atoms with van der Waals surface area (Å²) in [4.78, 5) is 2.82. The molecule has 0 radical (unpaired) electrons. The Morgan fingerprint density at radius 1 is 1.41 bits per heavy atom. The maximum atomic E-state index is 9.93. The number of aliphatic hydroxyl groups excluding tert-OH is 1. The summed E-state index contributed by atoms with van der Waals surface area (Å²) in [6.07, 6.45) is 5.44. The zero-order valence-electron chi connectivity index (χ0n) is 10.8. The zero-order valence-corrected chi connectivity index (χ0v) is 11.6. The van der Waals surface area contributed by atoms with Crippen molar-refractivity contribution in [3.05, 3.63) is 21.9 Å². The molecule has 3 atom stereocenters. The van der Waals surface area contributed by atoms with Crippen LogP contribution in [0.4, 0.5) is 0 Å². The predicted molar refractivity (Wildman–Crippen MR) is 73.6 cm³/mol. The van der Waals surface area contributed by atoms with Gasteiger partial charge >= 0.3 is 0 Å². The van der Waals surface area contributed by atoms with E-state index < -0.39 is 0 Å². The Balaban J connectivity index is 1.82. The lowest BCUT2D eigenvalue weighted by Crippen LogP contribution is -2.46. The first-order chi connectivity index (χ1) is 8.15. The molecule has 0 spiro atoms. The minimum Gasteiger partial charge on any atom is -0.392 e. The van der Waals surface area contributed by atoms with Gasteiger partial charge in [0, 0.05) is 21.8 Å². The van der Waals surface area contributed by atoms with Crippen molar-refractivity contribution in [1.82, 2.24) is 5.32 Å². The van der Waals surface area contributed by atoms with Gasteiger partial charge in [0.15, 0.2) is 0 Å². The summed E-state index contributed by atoms with van der Waals surface area (Å²) in [5, 5.41) is 13.5. The SMILES string of the molecule is Cc1ccc(CC(C)N[C@@H]2CCCC[C@H]2O)s1. The summed E-state index contributed by atoms with van der Waals surface area (Å²) < 4.78 is 0. The second-order valence-corrected chi connectivity index (χ2v) is 6.61. The monoisotopic (exact) mass is 253 g/mol. The van der Waals surface area contributed by atoms with Crippen molar-refractivity contribution in [2.24, 2.45) is 0 Å². The largest absolute Gasteiger partial charge is 0.392 e. The molecule has 96 valence electrons. The molecule has 3 heteroatoms. The van der Waals surface area contributed by atoms with Gasteiger partial charge in [-0.1, -0.05) is 12.8 Å². The molecule has 1 saturated carbocycles. The molecule has 2 rings (SSSR count). The highest BCUT2D eigenvalue weighted by atomic mass is 32.1. The van der Waals surface area contributed by atoms with Crippen molar-refractivity contribution in [2.75, 3.05) is 0 Å².